The molecular weight excluding hydrogens is 382 g/mol. The van der Waals surface area contributed by atoms with Gasteiger partial charge in [-0.25, -0.2) is 0 Å². The predicted molar refractivity (Wildman–Crippen MR) is 103 cm³/mol. The second kappa shape index (κ2) is 7.67. The molecule has 28 heavy (non-hydrogen) atoms. The van der Waals surface area contributed by atoms with Crippen molar-refractivity contribution in [3.05, 3.63) is 53.4 Å². The van der Waals surface area contributed by atoms with Gasteiger partial charge in [0.05, 0.1) is 12.2 Å². The van der Waals surface area contributed by atoms with E-state index in [0.29, 0.717) is 49.2 Å². The molecule has 0 N–H and O–H groups in total. The zero-order chi connectivity index (χ0) is 19.7. The normalized spacial score (nSPS) is 20.0. The van der Waals surface area contributed by atoms with Gasteiger partial charge in [-0.15, -0.1) is 0 Å². The van der Waals surface area contributed by atoms with Crippen molar-refractivity contribution >= 4 is 35.0 Å². The largest absolute Gasteiger partial charge is 0.459 e. The Balaban J connectivity index is 1.35. The lowest BCUT2D eigenvalue weighted by Gasteiger charge is -2.35. The molecule has 1 aromatic carbocycles. The first kappa shape index (κ1) is 18.6. The number of rotatable bonds is 3. The van der Waals surface area contributed by atoms with Crippen LogP contribution >= 0.6 is 11.6 Å². The number of furan rings is 1. The number of halogens is 1. The summed E-state index contributed by atoms with van der Waals surface area (Å²) >= 11 is 6.02. The monoisotopic (exact) mass is 401 g/mol. The Hall–Kier alpha value is -2.80. The molecule has 4 rings (SSSR count). The van der Waals surface area contributed by atoms with E-state index < -0.39 is 0 Å². The second-order valence-corrected chi connectivity index (χ2v) is 7.42. The first-order valence-corrected chi connectivity index (χ1v) is 9.58. The molecule has 0 aliphatic carbocycles. The highest BCUT2D eigenvalue weighted by molar-refractivity contribution is 6.31. The average Bonchev–Trinajstić information content (AvgIpc) is 3.37. The number of amides is 3. The summed E-state index contributed by atoms with van der Waals surface area (Å²) in [5, 5.41) is 0.553. The smallest absolute Gasteiger partial charge is 0.289 e. The van der Waals surface area contributed by atoms with Crippen molar-refractivity contribution in [3.63, 3.8) is 0 Å². The van der Waals surface area contributed by atoms with Crippen molar-refractivity contribution in [3.8, 4) is 0 Å². The Morgan fingerprint density at radius 1 is 1.04 bits per heavy atom. The van der Waals surface area contributed by atoms with E-state index in [1.165, 1.54) is 6.26 Å². The van der Waals surface area contributed by atoms with Gasteiger partial charge in [0.1, 0.15) is 0 Å². The third kappa shape index (κ3) is 3.62. The molecular formula is C20H20ClN3O4. The molecule has 2 aromatic rings. The van der Waals surface area contributed by atoms with Crippen LogP contribution in [0.25, 0.3) is 0 Å². The van der Waals surface area contributed by atoms with E-state index in [-0.39, 0.29) is 30.1 Å². The standard InChI is InChI=1S/C20H20ClN3O4/c21-15-3-1-4-16(12-15)24-13-14(11-18(24)25)19(26)22-6-8-23(9-7-22)20(27)17-5-2-10-28-17/h1-5,10,12,14H,6-9,11,13H2/t14-/m0/s1. The molecule has 7 nitrogen and oxygen atoms in total. The van der Waals surface area contributed by atoms with E-state index in [0.717, 1.165) is 0 Å². The number of carbonyl (C=O) groups is 3. The fraction of sp³-hybridized carbons (Fsp3) is 0.350. The van der Waals surface area contributed by atoms with E-state index in [9.17, 15) is 14.4 Å². The molecule has 0 radical (unpaired) electrons. The third-order valence-corrected chi connectivity index (χ3v) is 5.44. The van der Waals surface area contributed by atoms with Crippen LogP contribution in [0.4, 0.5) is 5.69 Å². The number of nitrogens with zero attached hydrogens (tertiary/aromatic N) is 3. The molecule has 2 fully saturated rings. The van der Waals surface area contributed by atoms with E-state index in [1.54, 1.807) is 45.0 Å². The van der Waals surface area contributed by atoms with Gasteiger partial charge in [-0.1, -0.05) is 17.7 Å². The summed E-state index contributed by atoms with van der Waals surface area (Å²) < 4.78 is 5.15. The third-order valence-electron chi connectivity index (χ3n) is 5.20. The number of piperazine rings is 1. The maximum absolute atomic E-state index is 12.9. The number of hydrogen-bond donors (Lipinski definition) is 0. The Kier molecular flexibility index (Phi) is 5.09. The van der Waals surface area contributed by atoms with Gasteiger partial charge in [-0.2, -0.15) is 0 Å². The quantitative estimate of drug-likeness (QED) is 0.790. The SMILES string of the molecule is O=C(c1ccco1)N1CCN(C(=O)[C@H]2CC(=O)N(c3cccc(Cl)c3)C2)CC1. The summed E-state index contributed by atoms with van der Waals surface area (Å²) in [6, 6.07) is 10.4. The van der Waals surface area contributed by atoms with Gasteiger partial charge in [0.15, 0.2) is 5.76 Å². The van der Waals surface area contributed by atoms with Gasteiger partial charge in [-0.3, -0.25) is 14.4 Å². The lowest BCUT2D eigenvalue weighted by atomic mass is 10.1. The summed E-state index contributed by atoms with van der Waals surface area (Å²) in [5.41, 5.74) is 0.710. The topological polar surface area (TPSA) is 74.1 Å². The molecule has 0 unspecified atom stereocenters. The van der Waals surface area contributed by atoms with Crippen molar-refractivity contribution in [1.29, 1.82) is 0 Å². The van der Waals surface area contributed by atoms with Gasteiger partial charge < -0.3 is 19.1 Å². The molecule has 8 heteroatoms. The van der Waals surface area contributed by atoms with Crippen molar-refractivity contribution < 1.29 is 18.8 Å². The van der Waals surface area contributed by atoms with Gasteiger partial charge in [0.25, 0.3) is 5.91 Å². The molecule has 1 aromatic heterocycles. The van der Waals surface area contributed by atoms with Gasteiger partial charge in [0, 0.05) is 49.9 Å². The lowest BCUT2D eigenvalue weighted by Crippen LogP contribution is -2.52. The highest BCUT2D eigenvalue weighted by Crippen LogP contribution is 2.28. The van der Waals surface area contributed by atoms with Crippen LogP contribution in [-0.4, -0.2) is 60.2 Å². The summed E-state index contributed by atoms with van der Waals surface area (Å²) in [6.07, 6.45) is 1.66. The van der Waals surface area contributed by atoms with E-state index in [1.807, 2.05) is 6.07 Å². The zero-order valence-corrected chi connectivity index (χ0v) is 16.0. The van der Waals surface area contributed by atoms with Gasteiger partial charge in [-0.05, 0) is 30.3 Å². The van der Waals surface area contributed by atoms with E-state index >= 15 is 0 Å². The van der Waals surface area contributed by atoms with Crippen LogP contribution < -0.4 is 4.90 Å². The van der Waals surface area contributed by atoms with Crippen LogP contribution in [0.3, 0.4) is 0 Å². The molecule has 0 spiro atoms. The fourth-order valence-corrected chi connectivity index (χ4v) is 3.90. The van der Waals surface area contributed by atoms with Crippen LogP contribution in [-0.2, 0) is 9.59 Å². The number of hydrogen-bond acceptors (Lipinski definition) is 4. The maximum atomic E-state index is 12.9. The Morgan fingerprint density at radius 3 is 2.46 bits per heavy atom. The number of benzene rings is 1. The summed E-state index contributed by atoms with van der Waals surface area (Å²) in [4.78, 5) is 42.7. The number of anilines is 1. The summed E-state index contributed by atoms with van der Waals surface area (Å²) in [6.45, 7) is 2.15. The van der Waals surface area contributed by atoms with Gasteiger partial charge >= 0.3 is 0 Å². The van der Waals surface area contributed by atoms with Crippen LogP contribution in [0, 0.1) is 5.92 Å². The highest BCUT2D eigenvalue weighted by Gasteiger charge is 2.38. The predicted octanol–water partition coefficient (Wildman–Crippen LogP) is 2.27. The van der Waals surface area contributed by atoms with Crippen LogP contribution in [0.1, 0.15) is 17.0 Å². The average molecular weight is 402 g/mol. The lowest BCUT2D eigenvalue weighted by molar-refractivity contribution is -0.137. The minimum atomic E-state index is -0.376. The second-order valence-electron chi connectivity index (χ2n) is 6.98. The minimum absolute atomic E-state index is 0.0389. The summed E-state index contributed by atoms with van der Waals surface area (Å²) in [7, 11) is 0. The maximum Gasteiger partial charge on any atom is 0.289 e. The van der Waals surface area contributed by atoms with Crippen LogP contribution in [0.5, 0.6) is 0 Å². The molecule has 3 amide bonds. The molecule has 146 valence electrons. The van der Waals surface area contributed by atoms with Crippen LogP contribution in [0.15, 0.2) is 47.1 Å². The number of carbonyl (C=O) groups excluding carboxylic acids is 3. The molecule has 0 bridgehead atoms. The zero-order valence-electron chi connectivity index (χ0n) is 15.2. The fourth-order valence-electron chi connectivity index (χ4n) is 3.71. The van der Waals surface area contributed by atoms with Crippen molar-refractivity contribution in [2.75, 3.05) is 37.6 Å². The Labute approximate surface area is 167 Å². The van der Waals surface area contributed by atoms with Crippen LogP contribution in [0.2, 0.25) is 5.02 Å². The van der Waals surface area contributed by atoms with Crippen molar-refractivity contribution in [1.82, 2.24) is 9.80 Å². The molecule has 2 aliphatic heterocycles. The first-order valence-electron chi connectivity index (χ1n) is 9.20. The highest BCUT2D eigenvalue weighted by atomic mass is 35.5. The van der Waals surface area contributed by atoms with E-state index in [4.69, 9.17) is 16.0 Å². The minimum Gasteiger partial charge on any atom is -0.459 e. The van der Waals surface area contributed by atoms with E-state index in [2.05, 4.69) is 0 Å². The molecule has 2 aliphatic rings. The molecule has 3 heterocycles. The molecule has 2 saturated heterocycles. The molecule has 1 atom stereocenters. The van der Waals surface area contributed by atoms with Crippen molar-refractivity contribution in [2.45, 2.75) is 6.42 Å². The first-order chi connectivity index (χ1) is 13.5. The summed E-state index contributed by atoms with van der Waals surface area (Å²) in [5.74, 6) is -0.354. The Morgan fingerprint density at radius 2 is 1.79 bits per heavy atom. The van der Waals surface area contributed by atoms with Crippen molar-refractivity contribution in [2.24, 2.45) is 5.92 Å². The molecule has 0 saturated carbocycles. The van der Waals surface area contributed by atoms with Gasteiger partial charge in [0.2, 0.25) is 11.8 Å². The Bertz CT molecular complexity index is 891.